The van der Waals surface area contributed by atoms with E-state index >= 15 is 0 Å². The summed E-state index contributed by atoms with van der Waals surface area (Å²) >= 11 is 0. The Labute approximate surface area is 133 Å². The lowest BCUT2D eigenvalue weighted by Gasteiger charge is -2.15. The van der Waals surface area contributed by atoms with Crippen LogP contribution in [0.1, 0.15) is 22.8 Å². The number of carbonyl (C=O) groups is 1. The predicted octanol–water partition coefficient (Wildman–Crippen LogP) is 2.98. The van der Waals surface area contributed by atoms with Gasteiger partial charge in [-0.1, -0.05) is 48.5 Å². The molecule has 0 N–H and O–H groups in total. The van der Waals surface area contributed by atoms with Gasteiger partial charge in [0.15, 0.2) is 0 Å². The minimum Gasteiger partial charge on any atom is -0.349 e. The fraction of sp³-hybridized carbons (Fsp3) is 0.278. The molecule has 114 valence electrons. The minimum absolute atomic E-state index is 0.0212. The third-order valence-corrected chi connectivity index (χ3v) is 5.70. The van der Waals surface area contributed by atoms with Crippen LogP contribution in [-0.2, 0) is 15.6 Å². The molecule has 0 saturated heterocycles. The van der Waals surface area contributed by atoms with E-state index in [4.69, 9.17) is 0 Å². The molecule has 1 aliphatic rings. The van der Waals surface area contributed by atoms with Crippen LogP contribution in [0.15, 0.2) is 48.5 Å². The van der Waals surface area contributed by atoms with Gasteiger partial charge in [-0.05, 0) is 22.3 Å². The second kappa shape index (κ2) is 6.05. The average Bonchev–Trinajstić information content (AvgIpc) is 2.87. The van der Waals surface area contributed by atoms with Gasteiger partial charge in [0, 0.05) is 37.1 Å². The van der Waals surface area contributed by atoms with Crippen LogP contribution in [0.2, 0.25) is 0 Å². The topological polar surface area (TPSA) is 37.4 Å². The largest absolute Gasteiger partial charge is 0.349 e. The number of fused-ring (bicyclic) bond motifs is 3. The van der Waals surface area contributed by atoms with Gasteiger partial charge in [-0.15, -0.1) is 0 Å². The Morgan fingerprint density at radius 3 is 2.00 bits per heavy atom. The molecule has 0 fully saturated rings. The highest BCUT2D eigenvalue weighted by atomic mass is 32.2. The van der Waals surface area contributed by atoms with Crippen molar-refractivity contribution in [2.24, 2.45) is 0 Å². The molecule has 0 bridgehead atoms. The first-order valence-corrected chi connectivity index (χ1v) is 8.73. The number of hydrogen-bond donors (Lipinski definition) is 0. The number of amides is 1. The molecule has 2 aromatic rings. The smallest absolute Gasteiger partial charge is 0.222 e. The van der Waals surface area contributed by atoms with Crippen LogP contribution in [0, 0.1) is 0 Å². The van der Waals surface area contributed by atoms with Crippen molar-refractivity contribution in [2.45, 2.75) is 11.7 Å². The SMILES string of the molecule is CN(C)C(=O)CCS(=O)C1c2ccccc2-c2ccccc21. The van der Waals surface area contributed by atoms with Crippen LogP contribution in [0.5, 0.6) is 0 Å². The number of benzene rings is 2. The molecule has 3 rings (SSSR count). The first-order chi connectivity index (χ1) is 10.6. The zero-order chi connectivity index (χ0) is 15.7. The second-order valence-corrected chi connectivity index (χ2v) is 7.32. The van der Waals surface area contributed by atoms with Gasteiger partial charge in [-0.2, -0.15) is 0 Å². The summed E-state index contributed by atoms with van der Waals surface area (Å²) < 4.78 is 12.8. The van der Waals surface area contributed by atoms with Crippen molar-refractivity contribution >= 4 is 16.7 Å². The van der Waals surface area contributed by atoms with E-state index in [0.29, 0.717) is 12.2 Å². The molecule has 1 amide bonds. The molecule has 2 aromatic carbocycles. The molecule has 0 spiro atoms. The van der Waals surface area contributed by atoms with E-state index in [0.717, 1.165) is 22.3 Å². The first-order valence-electron chi connectivity index (χ1n) is 7.35. The highest BCUT2D eigenvalue weighted by Crippen LogP contribution is 2.46. The molecule has 0 saturated carbocycles. The van der Waals surface area contributed by atoms with Gasteiger partial charge in [-0.25, -0.2) is 0 Å². The Morgan fingerprint density at radius 1 is 1.00 bits per heavy atom. The maximum atomic E-state index is 12.8. The quantitative estimate of drug-likeness (QED) is 0.870. The molecule has 0 heterocycles. The zero-order valence-corrected chi connectivity index (χ0v) is 13.6. The van der Waals surface area contributed by atoms with Crippen LogP contribution in [0.4, 0.5) is 0 Å². The Balaban J connectivity index is 1.90. The second-order valence-electron chi connectivity index (χ2n) is 5.68. The molecular formula is C18H19NO2S. The summed E-state index contributed by atoms with van der Waals surface area (Å²) in [5.74, 6) is 0.414. The molecule has 3 nitrogen and oxygen atoms in total. The van der Waals surface area contributed by atoms with Crippen molar-refractivity contribution in [3.63, 3.8) is 0 Å². The van der Waals surface area contributed by atoms with Crippen LogP contribution in [0.3, 0.4) is 0 Å². The minimum atomic E-state index is -1.10. The molecular weight excluding hydrogens is 294 g/mol. The van der Waals surface area contributed by atoms with Crippen molar-refractivity contribution < 1.29 is 9.00 Å². The highest BCUT2D eigenvalue weighted by Gasteiger charge is 2.32. The van der Waals surface area contributed by atoms with Crippen LogP contribution < -0.4 is 0 Å². The number of hydrogen-bond acceptors (Lipinski definition) is 2. The van der Waals surface area contributed by atoms with E-state index in [1.54, 1.807) is 19.0 Å². The number of nitrogens with zero attached hydrogens (tertiary/aromatic N) is 1. The Bertz CT molecular complexity index is 694. The zero-order valence-electron chi connectivity index (χ0n) is 12.8. The summed E-state index contributed by atoms with van der Waals surface area (Å²) in [7, 11) is 2.35. The molecule has 22 heavy (non-hydrogen) atoms. The molecule has 0 radical (unpaired) electrons. The van der Waals surface area contributed by atoms with Crippen molar-refractivity contribution in [2.75, 3.05) is 19.8 Å². The van der Waals surface area contributed by atoms with E-state index in [1.165, 1.54) is 0 Å². The van der Waals surface area contributed by atoms with Crippen LogP contribution in [-0.4, -0.2) is 34.9 Å². The fourth-order valence-corrected chi connectivity index (χ4v) is 4.51. The van der Waals surface area contributed by atoms with Gasteiger partial charge < -0.3 is 4.90 Å². The van der Waals surface area contributed by atoms with Gasteiger partial charge in [0.1, 0.15) is 0 Å². The summed E-state index contributed by atoms with van der Waals surface area (Å²) in [6.07, 6.45) is 0.320. The third kappa shape index (κ3) is 2.59. The monoisotopic (exact) mass is 313 g/mol. The first kappa shape index (κ1) is 15.0. The summed E-state index contributed by atoms with van der Waals surface area (Å²) in [5.41, 5.74) is 4.55. The number of rotatable bonds is 4. The lowest BCUT2D eigenvalue weighted by atomic mass is 10.1. The summed E-state index contributed by atoms with van der Waals surface area (Å²) in [4.78, 5) is 13.3. The normalized spacial score (nSPS) is 14.3. The molecule has 1 atom stereocenters. The third-order valence-electron chi connectivity index (χ3n) is 4.06. The Morgan fingerprint density at radius 2 is 1.50 bits per heavy atom. The van der Waals surface area contributed by atoms with Crippen molar-refractivity contribution in [1.82, 2.24) is 4.90 Å². The summed E-state index contributed by atoms with van der Waals surface area (Å²) in [6, 6.07) is 16.2. The maximum Gasteiger partial charge on any atom is 0.222 e. The standard InChI is InChI=1S/C18H19NO2S/c1-19(2)17(20)11-12-22(21)18-15-9-5-3-7-13(15)14-8-4-6-10-16(14)18/h3-10,18H,11-12H2,1-2H3. The van der Waals surface area contributed by atoms with Crippen molar-refractivity contribution in [1.29, 1.82) is 0 Å². The highest BCUT2D eigenvalue weighted by molar-refractivity contribution is 7.85. The van der Waals surface area contributed by atoms with E-state index in [-0.39, 0.29) is 11.2 Å². The van der Waals surface area contributed by atoms with Gasteiger partial charge in [0.25, 0.3) is 0 Å². The van der Waals surface area contributed by atoms with Crippen LogP contribution in [0.25, 0.3) is 11.1 Å². The predicted molar refractivity (Wildman–Crippen MR) is 90.0 cm³/mol. The number of carbonyl (C=O) groups excluding carboxylic acids is 1. The molecule has 1 unspecified atom stereocenters. The van der Waals surface area contributed by atoms with E-state index < -0.39 is 10.8 Å². The molecule has 0 aliphatic heterocycles. The Kier molecular flexibility index (Phi) is 4.12. The summed E-state index contributed by atoms with van der Waals surface area (Å²) in [5, 5.41) is -0.123. The van der Waals surface area contributed by atoms with Gasteiger partial charge >= 0.3 is 0 Å². The molecule has 4 heteroatoms. The van der Waals surface area contributed by atoms with E-state index in [2.05, 4.69) is 12.1 Å². The molecule has 1 aliphatic carbocycles. The van der Waals surface area contributed by atoms with Crippen LogP contribution >= 0.6 is 0 Å². The van der Waals surface area contributed by atoms with Gasteiger partial charge in [-0.3, -0.25) is 9.00 Å². The van der Waals surface area contributed by atoms with Gasteiger partial charge in [0.05, 0.1) is 5.25 Å². The fourth-order valence-electron chi connectivity index (χ4n) is 2.92. The van der Waals surface area contributed by atoms with Crippen molar-refractivity contribution in [3.05, 3.63) is 59.7 Å². The van der Waals surface area contributed by atoms with Gasteiger partial charge in [0.2, 0.25) is 5.91 Å². The van der Waals surface area contributed by atoms with E-state index in [9.17, 15) is 9.00 Å². The Hall–Kier alpha value is -1.94. The molecule has 0 aromatic heterocycles. The summed E-state index contributed by atoms with van der Waals surface area (Å²) in [6.45, 7) is 0. The lowest BCUT2D eigenvalue weighted by Crippen LogP contribution is -2.24. The van der Waals surface area contributed by atoms with E-state index in [1.807, 2.05) is 36.4 Å². The lowest BCUT2D eigenvalue weighted by molar-refractivity contribution is -0.128. The van der Waals surface area contributed by atoms with Crippen molar-refractivity contribution in [3.8, 4) is 11.1 Å². The average molecular weight is 313 g/mol. The maximum absolute atomic E-state index is 12.8.